The van der Waals surface area contributed by atoms with E-state index in [2.05, 4.69) is 10.1 Å². The summed E-state index contributed by atoms with van der Waals surface area (Å²) in [4.78, 5) is 32.1. The number of amides is 2. The number of carbonyl (C=O) groups excluding carboxylic acids is 2. The topological polar surface area (TPSA) is 70.8 Å². The predicted octanol–water partition coefficient (Wildman–Crippen LogP) is 1.55. The van der Waals surface area contributed by atoms with Gasteiger partial charge in [0.05, 0.1) is 11.9 Å². The molecule has 1 atom stereocenters. The van der Waals surface area contributed by atoms with Crippen molar-refractivity contribution >= 4 is 17.5 Å². The normalized spacial score (nSPS) is 18.0. The Morgan fingerprint density at radius 1 is 1.38 bits per heavy atom. The third-order valence-electron chi connectivity index (χ3n) is 4.56. The third-order valence-corrected chi connectivity index (χ3v) is 4.56. The van der Waals surface area contributed by atoms with Gasteiger partial charge >= 0.3 is 0 Å². The van der Waals surface area contributed by atoms with E-state index in [1.165, 1.54) is 4.90 Å². The summed E-state index contributed by atoms with van der Waals surface area (Å²) < 4.78 is 1.75. The Balaban J connectivity index is 1.95. The minimum Gasteiger partial charge on any atom is -0.345 e. The monoisotopic (exact) mass is 329 g/mol. The second-order valence-electron chi connectivity index (χ2n) is 6.40. The minimum atomic E-state index is -0.110. The quantitative estimate of drug-likeness (QED) is 0.856. The lowest BCUT2D eigenvalue weighted by molar-refractivity contribution is -0.132. The van der Waals surface area contributed by atoms with Crippen molar-refractivity contribution in [3.05, 3.63) is 29.7 Å². The lowest BCUT2D eigenvalue weighted by Crippen LogP contribution is -2.39. The maximum absolute atomic E-state index is 12.3. The molecule has 7 heteroatoms. The molecule has 2 aromatic heterocycles. The molecule has 2 aromatic rings. The molecule has 0 aliphatic carbocycles. The van der Waals surface area contributed by atoms with Crippen LogP contribution in [0, 0.1) is 0 Å². The molecule has 24 heavy (non-hydrogen) atoms. The SMILES string of the molecule is CCC(=O)N1CCCC(c2ccnc3c(C(=O)N(C)C)cnn23)C1. The molecule has 1 saturated heterocycles. The summed E-state index contributed by atoms with van der Waals surface area (Å²) in [5.41, 5.74) is 2.08. The second-order valence-corrected chi connectivity index (χ2v) is 6.40. The van der Waals surface area contributed by atoms with Gasteiger partial charge in [-0.2, -0.15) is 5.10 Å². The average Bonchev–Trinajstić information content (AvgIpc) is 3.04. The molecule has 0 saturated carbocycles. The molecule has 0 aromatic carbocycles. The van der Waals surface area contributed by atoms with E-state index in [9.17, 15) is 9.59 Å². The maximum Gasteiger partial charge on any atom is 0.258 e. The number of likely N-dealkylation sites (tertiary alicyclic amines) is 1. The summed E-state index contributed by atoms with van der Waals surface area (Å²) >= 11 is 0. The standard InChI is InChI=1S/C17H23N5O2/c1-4-15(23)21-9-5-6-12(11-21)14-7-8-18-16-13(10-19-22(14)16)17(24)20(2)3/h7-8,10,12H,4-6,9,11H2,1-3H3. The van der Waals surface area contributed by atoms with Crippen molar-refractivity contribution in [2.75, 3.05) is 27.2 Å². The zero-order valence-corrected chi connectivity index (χ0v) is 14.4. The van der Waals surface area contributed by atoms with Crippen molar-refractivity contribution in [2.24, 2.45) is 0 Å². The molecule has 1 fully saturated rings. The molecule has 1 aliphatic heterocycles. The molecule has 128 valence electrons. The number of carbonyl (C=O) groups is 2. The van der Waals surface area contributed by atoms with Gasteiger partial charge in [-0.15, -0.1) is 0 Å². The number of fused-ring (bicyclic) bond motifs is 1. The Bertz CT molecular complexity index is 767. The van der Waals surface area contributed by atoms with Crippen LogP contribution in [0.25, 0.3) is 5.65 Å². The fourth-order valence-electron chi connectivity index (χ4n) is 3.28. The molecular formula is C17H23N5O2. The van der Waals surface area contributed by atoms with Gasteiger partial charge < -0.3 is 9.80 Å². The van der Waals surface area contributed by atoms with Gasteiger partial charge in [-0.05, 0) is 18.9 Å². The van der Waals surface area contributed by atoms with Crippen molar-refractivity contribution in [2.45, 2.75) is 32.1 Å². The zero-order valence-electron chi connectivity index (χ0n) is 14.4. The fraction of sp³-hybridized carbons (Fsp3) is 0.529. The van der Waals surface area contributed by atoms with E-state index in [1.54, 1.807) is 31.0 Å². The highest BCUT2D eigenvalue weighted by molar-refractivity contribution is 5.99. The van der Waals surface area contributed by atoms with Crippen LogP contribution in [0.1, 0.15) is 48.2 Å². The van der Waals surface area contributed by atoms with E-state index >= 15 is 0 Å². The molecule has 1 aliphatic rings. The predicted molar refractivity (Wildman–Crippen MR) is 89.9 cm³/mol. The number of hydrogen-bond donors (Lipinski definition) is 0. The number of piperidine rings is 1. The van der Waals surface area contributed by atoms with Gasteiger partial charge in [0.1, 0.15) is 5.56 Å². The average molecular weight is 329 g/mol. The second kappa shape index (κ2) is 6.59. The number of rotatable bonds is 3. The first-order chi connectivity index (χ1) is 11.5. The van der Waals surface area contributed by atoms with E-state index in [-0.39, 0.29) is 17.7 Å². The number of hydrogen-bond acceptors (Lipinski definition) is 4. The van der Waals surface area contributed by atoms with Crippen LogP contribution in [0.4, 0.5) is 0 Å². The molecule has 3 heterocycles. The van der Waals surface area contributed by atoms with Gasteiger partial charge in [-0.3, -0.25) is 9.59 Å². The summed E-state index contributed by atoms with van der Waals surface area (Å²) in [7, 11) is 3.43. The molecule has 7 nitrogen and oxygen atoms in total. The van der Waals surface area contributed by atoms with Crippen molar-refractivity contribution in [1.82, 2.24) is 24.4 Å². The first kappa shape index (κ1) is 16.4. The Morgan fingerprint density at radius 3 is 2.88 bits per heavy atom. The molecule has 0 radical (unpaired) electrons. The van der Waals surface area contributed by atoms with Crippen LogP contribution in [-0.4, -0.2) is 63.4 Å². The van der Waals surface area contributed by atoms with Gasteiger partial charge in [-0.1, -0.05) is 6.92 Å². The largest absolute Gasteiger partial charge is 0.345 e. The first-order valence-corrected chi connectivity index (χ1v) is 8.35. The van der Waals surface area contributed by atoms with Crippen molar-refractivity contribution < 1.29 is 9.59 Å². The van der Waals surface area contributed by atoms with Gasteiger partial charge in [0, 0.05) is 45.7 Å². The zero-order chi connectivity index (χ0) is 17.3. The Kier molecular flexibility index (Phi) is 4.51. The first-order valence-electron chi connectivity index (χ1n) is 8.35. The van der Waals surface area contributed by atoms with Crippen LogP contribution >= 0.6 is 0 Å². The number of nitrogens with zero attached hydrogens (tertiary/aromatic N) is 5. The number of aromatic nitrogens is 3. The van der Waals surface area contributed by atoms with E-state index in [4.69, 9.17) is 0 Å². The van der Waals surface area contributed by atoms with Gasteiger partial charge in [-0.25, -0.2) is 9.50 Å². The summed E-state index contributed by atoms with van der Waals surface area (Å²) in [5.74, 6) is 0.289. The van der Waals surface area contributed by atoms with Crippen LogP contribution in [0.3, 0.4) is 0 Å². The van der Waals surface area contributed by atoms with Gasteiger partial charge in [0.2, 0.25) is 5.91 Å². The van der Waals surface area contributed by atoms with Crippen molar-refractivity contribution in [3.8, 4) is 0 Å². The maximum atomic E-state index is 12.3. The van der Waals surface area contributed by atoms with Gasteiger partial charge in [0.25, 0.3) is 5.91 Å². The summed E-state index contributed by atoms with van der Waals surface area (Å²) in [6.07, 6.45) is 5.81. The van der Waals surface area contributed by atoms with Crippen LogP contribution in [-0.2, 0) is 4.79 Å². The molecule has 0 bridgehead atoms. The molecule has 0 spiro atoms. The summed E-state index contributed by atoms with van der Waals surface area (Å²) in [6, 6.07) is 1.94. The van der Waals surface area contributed by atoms with Crippen LogP contribution in [0.5, 0.6) is 0 Å². The van der Waals surface area contributed by atoms with E-state index in [1.807, 2.05) is 17.9 Å². The highest BCUT2D eigenvalue weighted by atomic mass is 16.2. The lowest BCUT2D eigenvalue weighted by atomic mass is 9.94. The molecule has 1 unspecified atom stereocenters. The molecule has 0 N–H and O–H groups in total. The Hall–Kier alpha value is -2.44. The van der Waals surface area contributed by atoms with Gasteiger partial charge in [0.15, 0.2) is 5.65 Å². The summed E-state index contributed by atoms with van der Waals surface area (Å²) in [5, 5.41) is 4.39. The van der Waals surface area contributed by atoms with E-state index in [0.29, 0.717) is 24.2 Å². The van der Waals surface area contributed by atoms with Crippen LogP contribution < -0.4 is 0 Å². The Labute approximate surface area is 141 Å². The molecular weight excluding hydrogens is 306 g/mol. The Morgan fingerprint density at radius 2 is 2.17 bits per heavy atom. The summed E-state index contributed by atoms with van der Waals surface area (Å²) in [6.45, 7) is 3.41. The highest BCUT2D eigenvalue weighted by Gasteiger charge is 2.27. The third kappa shape index (κ3) is 2.86. The van der Waals surface area contributed by atoms with E-state index in [0.717, 1.165) is 25.1 Å². The molecule has 3 rings (SSSR count). The lowest BCUT2D eigenvalue weighted by Gasteiger charge is -2.32. The minimum absolute atomic E-state index is 0.110. The van der Waals surface area contributed by atoms with Crippen LogP contribution in [0.15, 0.2) is 18.5 Å². The van der Waals surface area contributed by atoms with Crippen LogP contribution in [0.2, 0.25) is 0 Å². The fourth-order valence-corrected chi connectivity index (χ4v) is 3.28. The van der Waals surface area contributed by atoms with Crippen molar-refractivity contribution in [3.63, 3.8) is 0 Å². The molecule has 2 amide bonds. The smallest absolute Gasteiger partial charge is 0.258 e. The van der Waals surface area contributed by atoms with E-state index < -0.39 is 0 Å². The van der Waals surface area contributed by atoms with Crippen molar-refractivity contribution in [1.29, 1.82) is 0 Å². The highest BCUT2D eigenvalue weighted by Crippen LogP contribution is 2.27.